The highest BCUT2D eigenvalue weighted by Gasteiger charge is 2.29. The van der Waals surface area contributed by atoms with Gasteiger partial charge < -0.3 is 4.74 Å². The number of nitrogens with one attached hydrogen (secondary N) is 3. The number of carbonyl (C=O) groups is 1. The van der Waals surface area contributed by atoms with Gasteiger partial charge in [0, 0.05) is 5.92 Å². The van der Waals surface area contributed by atoms with Crippen LogP contribution >= 0.6 is 0 Å². The van der Waals surface area contributed by atoms with Crippen LogP contribution in [-0.2, 0) is 25.0 Å². The fraction of sp³-hybridized carbons (Fsp3) is 0.600. The molecule has 0 aromatic carbocycles. The Kier molecular flexibility index (Phi) is 5.99. The molecule has 3 N–H and O–H groups in total. The second-order valence-electron chi connectivity index (χ2n) is 6.40. The van der Waals surface area contributed by atoms with E-state index in [1.165, 1.54) is 13.4 Å². The molecule has 148 valence electrons. The van der Waals surface area contributed by atoms with E-state index in [0.717, 1.165) is 0 Å². The molecule has 0 spiro atoms. The topological polar surface area (TPSA) is 140 Å². The highest BCUT2D eigenvalue weighted by Crippen LogP contribution is 2.30. The average Bonchev–Trinajstić information content (AvgIpc) is 3.26. The number of imidazole rings is 1. The molecule has 0 radical (unpaired) electrons. The van der Waals surface area contributed by atoms with Gasteiger partial charge in [-0.25, -0.2) is 13.9 Å². The highest BCUT2D eigenvalue weighted by atomic mass is 32.2. The predicted octanol–water partition coefficient (Wildman–Crippen LogP) is 0.206. The van der Waals surface area contributed by atoms with Crippen molar-refractivity contribution in [1.29, 1.82) is 0 Å². The molecule has 3 heterocycles. The zero-order chi connectivity index (χ0) is 19.6. The average molecular weight is 398 g/mol. The first-order valence-corrected chi connectivity index (χ1v) is 9.62. The third-order valence-corrected chi connectivity index (χ3v) is 4.80. The highest BCUT2D eigenvalue weighted by molar-refractivity contribution is 7.78. The van der Waals surface area contributed by atoms with Gasteiger partial charge in [0.1, 0.15) is 6.23 Å². The number of H-pyrrole nitrogens is 1. The van der Waals surface area contributed by atoms with Gasteiger partial charge in [0.15, 0.2) is 11.2 Å². The van der Waals surface area contributed by atoms with E-state index in [0.29, 0.717) is 18.5 Å². The Morgan fingerprint density at radius 2 is 2.30 bits per heavy atom. The number of ether oxygens (including phenoxy) is 1. The minimum atomic E-state index is -1.56. The van der Waals surface area contributed by atoms with Crippen LogP contribution < -0.4 is 15.6 Å². The molecule has 1 amide bonds. The van der Waals surface area contributed by atoms with Crippen LogP contribution in [0, 0.1) is 5.92 Å². The number of hydrogen-bond acceptors (Lipinski definition) is 7. The molecule has 11 nitrogen and oxygen atoms in total. The molecule has 3 atom stereocenters. The number of aromatic amines is 1. The second-order valence-corrected chi connectivity index (χ2v) is 7.51. The molecule has 2 aromatic heterocycles. The Morgan fingerprint density at radius 1 is 1.52 bits per heavy atom. The summed E-state index contributed by atoms with van der Waals surface area (Å²) in [5, 5.41) is 2.58. The molecular formula is C15H22N6O5S. The van der Waals surface area contributed by atoms with E-state index in [2.05, 4.69) is 25.0 Å². The van der Waals surface area contributed by atoms with E-state index < -0.39 is 16.8 Å². The largest absolute Gasteiger partial charge is 0.352 e. The Bertz CT molecular complexity index is 910. The lowest BCUT2D eigenvalue weighted by atomic mass is 10.2. The van der Waals surface area contributed by atoms with Crippen LogP contribution in [0.15, 0.2) is 11.1 Å². The summed E-state index contributed by atoms with van der Waals surface area (Å²) in [5.74, 6) is -0.441. The standard InChI is InChI=1S/C15H22N6O5S/c1-8(2)13(22)19-15-18-12-11(14(23)20-15)17-7-21(12)10-5-4-9(26-10)6-25-27(24)16-3/h7-10,16H,4-6H2,1-3H3,(H2,18,19,20,22,23). The first-order chi connectivity index (χ1) is 12.9. The van der Waals surface area contributed by atoms with Gasteiger partial charge in [0.2, 0.25) is 23.1 Å². The van der Waals surface area contributed by atoms with E-state index in [1.54, 1.807) is 18.4 Å². The normalized spacial score (nSPS) is 21.0. The summed E-state index contributed by atoms with van der Waals surface area (Å²) in [6.45, 7) is 3.66. The molecule has 0 aliphatic carbocycles. The fourth-order valence-electron chi connectivity index (χ4n) is 2.67. The van der Waals surface area contributed by atoms with Crippen LogP contribution in [0.4, 0.5) is 5.95 Å². The maximum absolute atomic E-state index is 12.2. The number of anilines is 1. The molecule has 2 aromatic rings. The summed E-state index contributed by atoms with van der Waals surface area (Å²) in [6.07, 6.45) is 2.24. The zero-order valence-electron chi connectivity index (χ0n) is 15.2. The number of nitrogens with zero attached hydrogens (tertiary/aromatic N) is 3. The lowest BCUT2D eigenvalue weighted by Crippen LogP contribution is -2.23. The van der Waals surface area contributed by atoms with Gasteiger partial charge in [-0.1, -0.05) is 13.8 Å². The van der Waals surface area contributed by atoms with Crippen LogP contribution in [-0.4, -0.2) is 49.4 Å². The summed E-state index contributed by atoms with van der Waals surface area (Å²) in [5.41, 5.74) is 0.0420. The fourth-order valence-corrected chi connectivity index (χ4v) is 3.06. The van der Waals surface area contributed by atoms with Crippen LogP contribution in [0.5, 0.6) is 0 Å². The van der Waals surface area contributed by atoms with Crippen molar-refractivity contribution >= 4 is 34.3 Å². The van der Waals surface area contributed by atoms with E-state index in [-0.39, 0.29) is 42.2 Å². The Labute approximate surface area is 157 Å². The minimum absolute atomic E-state index is 0.0650. The third kappa shape index (κ3) is 4.40. The van der Waals surface area contributed by atoms with Crippen molar-refractivity contribution in [2.75, 3.05) is 19.0 Å². The summed E-state index contributed by atoms with van der Waals surface area (Å²) < 4.78 is 26.5. The number of amides is 1. The lowest BCUT2D eigenvalue weighted by molar-refractivity contribution is -0.118. The molecule has 1 aliphatic heterocycles. The zero-order valence-corrected chi connectivity index (χ0v) is 16.0. The monoisotopic (exact) mass is 398 g/mol. The molecule has 1 fully saturated rings. The summed E-state index contributed by atoms with van der Waals surface area (Å²) in [4.78, 5) is 35.0. The molecule has 3 rings (SSSR count). The maximum Gasteiger partial charge on any atom is 0.280 e. The third-order valence-electron chi connectivity index (χ3n) is 4.12. The number of rotatable bonds is 7. The summed E-state index contributed by atoms with van der Waals surface area (Å²) in [6, 6.07) is 0. The molecule has 1 aliphatic rings. The van der Waals surface area contributed by atoms with Gasteiger partial charge in [0.05, 0.1) is 19.0 Å². The van der Waals surface area contributed by atoms with E-state index >= 15 is 0 Å². The maximum atomic E-state index is 12.2. The molecule has 0 saturated carbocycles. The Morgan fingerprint density at radius 3 is 3.00 bits per heavy atom. The van der Waals surface area contributed by atoms with Gasteiger partial charge >= 0.3 is 0 Å². The number of aromatic nitrogens is 4. The molecule has 1 saturated heterocycles. The van der Waals surface area contributed by atoms with Crippen LogP contribution in [0.3, 0.4) is 0 Å². The first-order valence-electron chi connectivity index (χ1n) is 8.54. The molecular weight excluding hydrogens is 376 g/mol. The van der Waals surface area contributed by atoms with Gasteiger partial charge in [-0.15, -0.1) is 0 Å². The van der Waals surface area contributed by atoms with Gasteiger partial charge in [-0.2, -0.15) is 4.98 Å². The van der Waals surface area contributed by atoms with Crippen molar-refractivity contribution in [1.82, 2.24) is 24.2 Å². The van der Waals surface area contributed by atoms with Crippen LogP contribution in [0.25, 0.3) is 11.2 Å². The van der Waals surface area contributed by atoms with Crippen molar-refractivity contribution in [3.63, 3.8) is 0 Å². The van der Waals surface area contributed by atoms with E-state index in [9.17, 15) is 13.8 Å². The molecule has 12 heteroatoms. The quantitative estimate of drug-likeness (QED) is 0.605. The lowest BCUT2D eigenvalue weighted by Gasteiger charge is -2.15. The van der Waals surface area contributed by atoms with Crippen molar-refractivity contribution in [3.05, 3.63) is 16.7 Å². The Balaban J connectivity index is 1.79. The van der Waals surface area contributed by atoms with Gasteiger partial charge in [-0.3, -0.25) is 28.6 Å². The van der Waals surface area contributed by atoms with Crippen molar-refractivity contribution in [2.24, 2.45) is 5.92 Å². The number of carbonyl (C=O) groups excluding carboxylic acids is 1. The number of hydrogen-bond donors (Lipinski definition) is 3. The molecule has 3 unspecified atom stereocenters. The smallest absolute Gasteiger partial charge is 0.280 e. The SMILES string of the molecule is CNS(=O)OCC1CCC(n2cnc3c(=O)[nH]c(NC(=O)C(C)C)nc32)O1. The first kappa shape index (κ1) is 19.6. The van der Waals surface area contributed by atoms with E-state index in [1.807, 2.05) is 0 Å². The van der Waals surface area contributed by atoms with Gasteiger partial charge in [0.25, 0.3) is 5.56 Å². The summed E-state index contributed by atoms with van der Waals surface area (Å²) >= 11 is -1.56. The van der Waals surface area contributed by atoms with Crippen LogP contribution in [0.2, 0.25) is 0 Å². The second kappa shape index (κ2) is 8.25. The predicted molar refractivity (Wildman–Crippen MR) is 97.9 cm³/mol. The van der Waals surface area contributed by atoms with Crippen LogP contribution in [0.1, 0.15) is 32.9 Å². The van der Waals surface area contributed by atoms with Crippen molar-refractivity contribution in [3.8, 4) is 0 Å². The van der Waals surface area contributed by atoms with Gasteiger partial charge in [-0.05, 0) is 19.9 Å². The Hall–Kier alpha value is -2.15. The molecule has 27 heavy (non-hydrogen) atoms. The van der Waals surface area contributed by atoms with E-state index in [4.69, 9.17) is 8.92 Å². The number of fused-ring (bicyclic) bond motifs is 1. The van der Waals surface area contributed by atoms with Crippen molar-refractivity contribution in [2.45, 2.75) is 39.0 Å². The summed E-state index contributed by atoms with van der Waals surface area (Å²) in [7, 11) is 1.53. The van der Waals surface area contributed by atoms with Crippen molar-refractivity contribution < 1.29 is 17.9 Å². The minimum Gasteiger partial charge on any atom is -0.352 e. The molecule has 0 bridgehead atoms.